The normalized spacial score (nSPS) is 11.5. The Bertz CT molecular complexity index is 754. The van der Waals surface area contributed by atoms with E-state index in [2.05, 4.69) is 37.9 Å². The second-order valence-corrected chi connectivity index (χ2v) is 7.74. The third-order valence-electron chi connectivity index (χ3n) is 4.55. The molecule has 28 heavy (non-hydrogen) atoms. The van der Waals surface area contributed by atoms with Crippen molar-refractivity contribution in [3.05, 3.63) is 34.6 Å². The average molecular weight is 404 g/mol. The maximum Gasteiger partial charge on any atom is 0.134 e. The highest BCUT2D eigenvalue weighted by Crippen LogP contribution is 2.33. The van der Waals surface area contributed by atoms with E-state index in [4.69, 9.17) is 15.1 Å². The van der Waals surface area contributed by atoms with Crippen molar-refractivity contribution in [3.8, 4) is 10.6 Å². The van der Waals surface area contributed by atoms with Crippen LogP contribution in [0.4, 0.5) is 0 Å². The van der Waals surface area contributed by atoms with E-state index in [9.17, 15) is 0 Å². The number of nitrogens with one attached hydrogen (secondary N) is 2. The predicted octanol–water partition coefficient (Wildman–Crippen LogP) is 6.91. The summed E-state index contributed by atoms with van der Waals surface area (Å²) >= 11 is 1.79. The summed E-state index contributed by atoms with van der Waals surface area (Å²) < 4.78 is 5.46. The molecule has 0 saturated heterocycles. The van der Waals surface area contributed by atoms with Gasteiger partial charge in [-0.3, -0.25) is 0 Å². The van der Waals surface area contributed by atoms with Gasteiger partial charge in [0, 0.05) is 29.3 Å². The molecule has 4 nitrogen and oxygen atoms in total. The van der Waals surface area contributed by atoms with Crippen LogP contribution in [-0.4, -0.2) is 28.9 Å². The predicted molar refractivity (Wildman–Crippen MR) is 124 cm³/mol. The number of H-pyrrole nitrogens is 1. The van der Waals surface area contributed by atoms with E-state index in [0.717, 1.165) is 55.3 Å². The van der Waals surface area contributed by atoms with Gasteiger partial charge >= 0.3 is 0 Å². The van der Waals surface area contributed by atoms with Gasteiger partial charge in [-0.2, -0.15) is 0 Å². The minimum Gasteiger partial charge on any atom is -0.381 e. The monoisotopic (exact) mass is 403 g/mol. The number of aryl methyl sites for hydroxylation is 1. The van der Waals surface area contributed by atoms with E-state index < -0.39 is 0 Å². The van der Waals surface area contributed by atoms with Gasteiger partial charge in [0.2, 0.25) is 0 Å². The molecule has 0 bridgehead atoms. The molecule has 2 rings (SSSR count). The van der Waals surface area contributed by atoms with Gasteiger partial charge in [-0.25, -0.2) is 4.98 Å². The quantitative estimate of drug-likeness (QED) is 0.334. The third kappa shape index (κ3) is 6.71. The van der Waals surface area contributed by atoms with Crippen molar-refractivity contribution in [3.63, 3.8) is 0 Å². The molecule has 0 aromatic carbocycles. The Labute approximate surface area is 175 Å². The number of thiophene rings is 1. The lowest BCUT2D eigenvalue weighted by atomic mass is 9.92. The highest BCUT2D eigenvalue weighted by atomic mass is 32.1. The van der Waals surface area contributed by atoms with E-state index in [1.54, 1.807) is 11.3 Å². The summed E-state index contributed by atoms with van der Waals surface area (Å²) in [5, 5.41) is 7.90. The van der Waals surface area contributed by atoms with E-state index in [1.165, 1.54) is 9.75 Å². The lowest BCUT2D eigenvalue weighted by Gasteiger charge is -2.15. The summed E-state index contributed by atoms with van der Waals surface area (Å²) in [5.74, 6) is 1.32. The maximum atomic E-state index is 7.90. The fourth-order valence-electron chi connectivity index (χ4n) is 3.13. The summed E-state index contributed by atoms with van der Waals surface area (Å²) in [7, 11) is 0. The molecule has 0 aliphatic rings. The SMILES string of the molecule is CC.CCOCCc1ccc(-c2nc(/C(=C\C(C)=N)C(CC)CC)[nH]c2C)s1. The molecule has 2 heterocycles. The van der Waals surface area contributed by atoms with Crippen molar-refractivity contribution in [2.45, 2.75) is 67.7 Å². The van der Waals surface area contributed by atoms with Crippen LogP contribution >= 0.6 is 11.3 Å². The fraction of sp³-hybridized carbons (Fsp3) is 0.565. The molecule has 0 amide bonds. The van der Waals surface area contributed by atoms with Crippen LogP contribution in [0.3, 0.4) is 0 Å². The number of aromatic amines is 1. The molecule has 0 fully saturated rings. The van der Waals surface area contributed by atoms with Crippen LogP contribution in [0.15, 0.2) is 18.2 Å². The van der Waals surface area contributed by atoms with E-state index >= 15 is 0 Å². The number of ether oxygens (including phenoxy) is 1. The molecule has 0 spiro atoms. The van der Waals surface area contributed by atoms with Crippen molar-refractivity contribution < 1.29 is 4.74 Å². The molecule has 0 radical (unpaired) electrons. The molecule has 2 aromatic heterocycles. The average Bonchev–Trinajstić information content (AvgIpc) is 3.30. The zero-order chi connectivity index (χ0) is 21.1. The van der Waals surface area contributed by atoms with Crippen LogP contribution in [0, 0.1) is 18.3 Å². The maximum absolute atomic E-state index is 7.90. The molecule has 156 valence electrons. The molecular formula is C23H37N3OS. The summed E-state index contributed by atoms with van der Waals surface area (Å²) in [4.78, 5) is 10.9. The number of hydrogen-bond acceptors (Lipinski definition) is 4. The molecule has 0 aliphatic carbocycles. The first-order chi connectivity index (χ1) is 13.5. The Morgan fingerprint density at radius 1 is 1.25 bits per heavy atom. The largest absolute Gasteiger partial charge is 0.381 e. The summed E-state index contributed by atoms with van der Waals surface area (Å²) in [6.45, 7) is 15.8. The van der Waals surface area contributed by atoms with Crippen molar-refractivity contribution in [2.75, 3.05) is 13.2 Å². The van der Waals surface area contributed by atoms with Crippen LogP contribution in [0.5, 0.6) is 0 Å². The third-order valence-corrected chi connectivity index (χ3v) is 5.70. The molecule has 2 N–H and O–H groups in total. The zero-order valence-corrected chi connectivity index (χ0v) is 19.4. The van der Waals surface area contributed by atoms with Crippen molar-refractivity contribution >= 4 is 22.6 Å². The van der Waals surface area contributed by atoms with E-state index in [1.807, 2.05) is 33.8 Å². The lowest BCUT2D eigenvalue weighted by Crippen LogP contribution is -2.04. The fourth-order valence-corrected chi connectivity index (χ4v) is 4.17. The summed E-state index contributed by atoms with van der Waals surface area (Å²) in [6, 6.07) is 4.33. The number of imidazole rings is 1. The van der Waals surface area contributed by atoms with Gasteiger partial charge < -0.3 is 15.1 Å². The smallest absolute Gasteiger partial charge is 0.134 e. The molecule has 0 aliphatic heterocycles. The first-order valence-corrected chi connectivity index (χ1v) is 11.3. The number of hydrogen-bond donors (Lipinski definition) is 2. The van der Waals surface area contributed by atoms with Crippen molar-refractivity contribution in [1.82, 2.24) is 9.97 Å². The highest BCUT2D eigenvalue weighted by molar-refractivity contribution is 7.15. The van der Waals surface area contributed by atoms with Gasteiger partial charge in [-0.15, -0.1) is 11.3 Å². The van der Waals surface area contributed by atoms with Crippen LogP contribution in [0.1, 0.15) is 70.8 Å². The number of allylic oxidation sites excluding steroid dienone is 2. The summed E-state index contributed by atoms with van der Waals surface area (Å²) in [5.41, 5.74) is 3.81. The first kappa shape index (κ1) is 24.3. The molecule has 0 unspecified atom stereocenters. The molecular weight excluding hydrogens is 366 g/mol. The topological polar surface area (TPSA) is 61.8 Å². The minimum atomic E-state index is 0.416. The van der Waals surface area contributed by atoms with Gasteiger partial charge in [0.25, 0.3) is 0 Å². The summed E-state index contributed by atoms with van der Waals surface area (Å²) in [6.07, 6.45) is 5.00. The first-order valence-electron chi connectivity index (χ1n) is 10.5. The van der Waals surface area contributed by atoms with Gasteiger partial charge in [-0.1, -0.05) is 27.7 Å². The van der Waals surface area contributed by atoms with Crippen LogP contribution in [0.2, 0.25) is 0 Å². The van der Waals surface area contributed by atoms with Crippen LogP contribution in [0.25, 0.3) is 16.1 Å². The Hall–Kier alpha value is -1.72. The Morgan fingerprint density at radius 3 is 2.50 bits per heavy atom. The van der Waals surface area contributed by atoms with Gasteiger partial charge in [0.1, 0.15) is 11.5 Å². The number of nitrogens with zero attached hydrogens (tertiary/aromatic N) is 1. The second kappa shape index (κ2) is 12.7. The van der Waals surface area contributed by atoms with E-state index in [0.29, 0.717) is 11.6 Å². The molecule has 5 heteroatoms. The lowest BCUT2D eigenvalue weighted by molar-refractivity contribution is 0.151. The van der Waals surface area contributed by atoms with Crippen molar-refractivity contribution in [1.29, 1.82) is 5.41 Å². The molecule has 0 atom stereocenters. The van der Waals surface area contributed by atoms with Gasteiger partial charge in [0.05, 0.1) is 11.5 Å². The molecule has 2 aromatic rings. The standard InChI is InChI=1S/C21H31N3OS.C2H6/c1-6-16(7-2)18(13-14(4)22)21-23-15(5)20(24-21)19-10-9-17(26-19)11-12-25-8-3;1-2/h9-10,13,16,22H,6-8,11-12H2,1-5H3,(H,23,24);1-2H3/b18-13-,22-14?;. The number of rotatable bonds is 10. The van der Waals surface area contributed by atoms with E-state index in [-0.39, 0.29) is 0 Å². The number of aromatic nitrogens is 2. The van der Waals surface area contributed by atoms with Gasteiger partial charge in [0.15, 0.2) is 0 Å². The Morgan fingerprint density at radius 2 is 1.93 bits per heavy atom. The Kier molecular flexibility index (Phi) is 11.0. The highest BCUT2D eigenvalue weighted by Gasteiger charge is 2.19. The Balaban J connectivity index is 0.00000190. The minimum absolute atomic E-state index is 0.416. The van der Waals surface area contributed by atoms with Crippen molar-refractivity contribution in [2.24, 2.45) is 5.92 Å². The van der Waals surface area contributed by atoms with Crippen LogP contribution in [-0.2, 0) is 11.2 Å². The molecule has 0 saturated carbocycles. The zero-order valence-electron chi connectivity index (χ0n) is 18.6. The second-order valence-electron chi connectivity index (χ2n) is 6.57. The van der Waals surface area contributed by atoms with Crippen LogP contribution < -0.4 is 0 Å². The van der Waals surface area contributed by atoms with Gasteiger partial charge in [-0.05, 0) is 63.3 Å².